The molecule has 132 valence electrons. The van der Waals surface area contributed by atoms with Gasteiger partial charge in [-0.2, -0.15) is 0 Å². The molecule has 0 aromatic heterocycles. The van der Waals surface area contributed by atoms with Gasteiger partial charge in [-0.25, -0.2) is 4.79 Å². The Morgan fingerprint density at radius 1 is 1.00 bits per heavy atom. The molecule has 2 aromatic carbocycles. The summed E-state index contributed by atoms with van der Waals surface area (Å²) in [5.41, 5.74) is 1.14. The van der Waals surface area contributed by atoms with Crippen LogP contribution < -0.4 is 0 Å². The van der Waals surface area contributed by atoms with Gasteiger partial charge in [0.25, 0.3) is 5.91 Å². The lowest BCUT2D eigenvalue weighted by molar-refractivity contribution is -0.140. The molecule has 0 spiro atoms. The molecule has 0 aliphatic heterocycles. The average molecular weight is 451 g/mol. The highest BCUT2D eigenvalue weighted by Gasteiger charge is 2.27. The Kier molecular flexibility index (Phi) is 6.58. The molecule has 0 radical (unpaired) electrons. The van der Waals surface area contributed by atoms with Crippen molar-refractivity contribution in [2.24, 2.45) is 0 Å². The molecule has 0 heterocycles. The zero-order chi connectivity index (χ0) is 18.4. The third-order valence-corrected chi connectivity index (χ3v) is 4.66. The highest BCUT2D eigenvalue weighted by molar-refractivity contribution is 14.1. The van der Waals surface area contributed by atoms with Gasteiger partial charge in [-0.05, 0) is 61.1 Å². The lowest BCUT2D eigenvalue weighted by Gasteiger charge is -2.35. The minimum absolute atomic E-state index is 0.212. The summed E-state index contributed by atoms with van der Waals surface area (Å²) in [6, 6.07) is 16.9. The number of rotatable bonds is 5. The quantitative estimate of drug-likeness (QED) is 0.504. The van der Waals surface area contributed by atoms with Crippen molar-refractivity contribution in [3.05, 3.63) is 69.3 Å². The van der Waals surface area contributed by atoms with E-state index in [2.05, 4.69) is 22.6 Å². The molecule has 2 aromatic rings. The van der Waals surface area contributed by atoms with Crippen molar-refractivity contribution in [3.63, 3.8) is 0 Å². The van der Waals surface area contributed by atoms with E-state index >= 15 is 0 Å². The molecule has 0 fully saturated rings. The van der Waals surface area contributed by atoms with Crippen LogP contribution in [0.25, 0.3) is 0 Å². The largest absolute Gasteiger partial charge is 0.452 e. The van der Waals surface area contributed by atoms with Gasteiger partial charge < -0.3 is 9.64 Å². The molecule has 0 N–H and O–H groups in total. The molecule has 0 unspecified atom stereocenters. The highest BCUT2D eigenvalue weighted by atomic mass is 127. The van der Waals surface area contributed by atoms with Crippen LogP contribution in [-0.2, 0) is 16.1 Å². The molecule has 25 heavy (non-hydrogen) atoms. The van der Waals surface area contributed by atoms with Crippen LogP contribution in [-0.4, -0.2) is 28.9 Å². The van der Waals surface area contributed by atoms with Gasteiger partial charge in [0, 0.05) is 15.7 Å². The predicted molar refractivity (Wildman–Crippen MR) is 106 cm³/mol. The van der Waals surface area contributed by atoms with Gasteiger partial charge in [-0.3, -0.25) is 4.79 Å². The Labute approximate surface area is 162 Å². The van der Waals surface area contributed by atoms with Crippen molar-refractivity contribution < 1.29 is 14.3 Å². The van der Waals surface area contributed by atoms with Crippen LogP contribution in [0.5, 0.6) is 0 Å². The average Bonchev–Trinajstić information content (AvgIpc) is 2.57. The third-order valence-electron chi connectivity index (χ3n) is 3.71. The maximum atomic E-state index is 12.7. The fourth-order valence-electron chi connectivity index (χ4n) is 2.38. The van der Waals surface area contributed by atoms with Gasteiger partial charge in [0.2, 0.25) is 0 Å². The second kappa shape index (κ2) is 8.47. The predicted octanol–water partition coefficient (Wildman–Crippen LogP) is 4.28. The van der Waals surface area contributed by atoms with Crippen molar-refractivity contribution in [2.45, 2.75) is 32.9 Å². The maximum absolute atomic E-state index is 12.7. The van der Waals surface area contributed by atoms with E-state index in [0.29, 0.717) is 12.1 Å². The van der Waals surface area contributed by atoms with Crippen molar-refractivity contribution in [1.29, 1.82) is 0 Å². The van der Waals surface area contributed by atoms with Crippen molar-refractivity contribution in [1.82, 2.24) is 4.90 Å². The van der Waals surface area contributed by atoms with Gasteiger partial charge in [0.05, 0.1) is 5.56 Å². The number of hydrogen-bond donors (Lipinski definition) is 0. The van der Waals surface area contributed by atoms with E-state index in [4.69, 9.17) is 4.74 Å². The molecule has 0 aliphatic carbocycles. The number of benzene rings is 2. The van der Waals surface area contributed by atoms with Crippen LogP contribution in [0.15, 0.2) is 54.6 Å². The van der Waals surface area contributed by atoms with Crippen LogP contribution in [0.1, 0.15) is 36.7 Å². The van der Waals surface area contributed by atoms with Crippen LogP contribution in [0.2, 0.25) is 0 Å². The summed E-state index contributed by atoms with van der Waals surface area (Å²) in [7, 11) is 0. The number of nitrogens with zero attached hydrogens (tertiary/aromatic N) is 1. The van der Waals surface area contributed by atoms with E-state index < -0.39 is 5.97 Å². The Morgan fingerprint density at radius 2 is 1.60 bits per heavy atom. The third kappa shape index (κ3) is 5.56. The Morgan fingerprint density at radius 3 is 2.20 bits per heavy atom. The molecule has 0 saturated carbocycles. The van der Waals surface area contributed by atoms with E-state index in [9.17, 15) is 9.59 Å². The number of halogens is 1. The summed E-state index contributed by atoms with van der Waals surface area (Å²) in [6.07, 6.45) is 0. The number of amides is 1. The van der Waals surface area contributed by atoms with Gasteiger partial charge in [0.1, 0.15) is 0 Å². The van der Waals surface area contributed by atoms with E-state index in [1.807, 2.05) is 63.2 Å². The zero-order valence-corrected chi connectivity index (χ0v) is 16.8. The smallest absolute Gasteiger partial charge is 0.339 e. The topological polar surface area (TPSA) is 46.6 Å². The van der Waals surface area contributed by atoms with Crippen LogP contribution in [0.4, 0.5) is 0 Å². The minimum Gasteiger partial charge on any atom is -0.452 e. The molecule has 1 amide bonds. The van der Waals surface area contributed by atoms with Crippen LogP contribution in [0, 0.1) is 3.57 Å². The molecular weight excluding hydrogens is 429 g/mol. The fourth-order valence-corrected chi connectivity index (χ4v) is 2.98. The van der Waals surface area contributed by atoms with Gasteiger partial charge in [-0.15, -0.1) is 0 Å². The lowest BCUT2D eigenvalue weighted by Crippen LogP contribution is -2.46. The van der Waals surface area contributed by atoms with Crippen LogP contribution in [0.3, 0.4) is 0 Å². The number of esters is 1. The number of ether oxygens (including phenoxy) is 1. The Bertz CT molecular complexity index is 738. The highest BCUT2D eigenvalue weighted by Crippen LogP contribution is 2.18. The molecular formula is C20H22INO3. The molecule has 4 nitrogen and oxygen atoms in total. The molecule has 0 atom stereocenters. The number of carbonyl (C=O) groups is 2. The van der Waals surface area contributed by atoms with Gasteiger partial charge in [0.15, 0.2) is 6.61 Å². The van der Waals surface area contributed by atoms with Crippen molar-refractivity contribution >= 4 is 34.5 Å². The van der Waals surface area contributed by atoms with E-state index in [1.165, 1.54) is 0 Å². The first-order valence-corrected chi connectivity index (χ1v) is 9.13. The van der Waals surface area contributed by atoms with Crippen molar-refractivity contribution in [2.75, 3.05) is 6.61 Å². The fraction of sp³-hybridized carbons (Fsp3) is 0.300. The second-order valence-corrected chi connectivity index (χ2v) is 7.85. The first-order valence-electron chi connectivity index (χ1n) is 8.05. The van der Waals surface area contributed by atoms with E-state index in [1.54, 1.807) is 17.0 Å². The van der Waals surface area contributed by atoms with E-state index in [-0.39, 0.29) is 18.1 Å². The molecule has 2 rings (SSSR count). The summed E-state index contributed by atoms with van der Waals surface area (Å²) in [6.45, 7) is 6.11. The lowest BCUT2D eigenvalue weighted by atomic mass is 10.0. The maximum Gasteiger partial charge on any atom is 0.339 e. The first kappa shape index (κ1) is 19.4. The molecule has 5 heteroatoms. The standard InChI is InChI=1S/C20H22INO3/c1-20(2,3)22(13-15-9-5-4-6-10-15)18(23)14-25-19(24)16-11-7-8-12-17(16)21/h4-12H,13-14H2,1-3H3. The van der Waals surface area contributed by atoms with Gasteiger partial charge in [-0.1, -0.05) is 42.5 Å². The Hall–Kier alpha value is -1.89. The molecule has 0 saturated heterocycles. The normalized spacial score (nSPS) is 11.0. The Balaban J connectivity index is 2.05. The molecule has 0 aliphatic rings. The van der Waals surface area contributed by atoms with Gasteiger partial charge >= 0.3 is 5.97 Å². The summed E-state index contributed by atoms with van der Waals surface area (Å²) in [4.78, 5) is 26.6. The summed E-state index contributed by atoms with van der Waals surface area (Å²) >= 11 is 2.08. The van der Waals surface area contributed by atoms with Crippen LogP contribution >= 0.6 is 22.6 Å². The summed E-state index contributed by atoms with van der Waals surface area (Å²) < 4.78 is 6.05. The van der Waals surface area contributed by atoms with Crippen molar-refractivity contribution in [3.8, 4) is 0 Å². The zero-order valence-electron chi connectivity index (χ0n) is 14.7. The monoisotopic (exact) mass is 451 g/mol. The number of carbonyl (C=O) groups excluding carboxylic acids is 2. The second-order valence-electron chi connectivity index (χ2n) is 6.69. The minimum atomic E-state index is -0.480. The van der Waals surface area contributed by atoms with E-state index in [0.717, 1.165) is 9.13 Å². The SMILES string of the molecule is CC(C)(C)N(Cc1ccccc1)C(=O)COC(=O)c1ccccc1I. The number of hydrogen-bond acceptors (Lipinski definition) is 3. The summed E-state index contributed by atoms with van der Waals surface area (Å²) in [5, 5.41) is 0. The summed E-state index contributed by atoms with van der Waals surface area (Å²) in [5.74, 6) is -0.692. The molecule has 0 bridgehead atoms. The first-order chi connectivity index (χ1) is 11.8.